The molecule has 2 heterocycles. The predicted octanol–water partition coefficient (Wildman–Crippen LogP) is 6.97. The van der Waals surface area contributed by atoms with Crippen LogP contribution in [0.25, 0.3) is 11.1 Å². The van der Waals surface area contributed by atoms with Crippen molar-refractivity contribution < 1.29 is 19.4 Å². The summed E-state index contributed by atoms with van der Waals surface area (Å²) >= 11 is 1.57. The first kappa shape index (κ1) is 31.4. The van der Waals surface area contributed by atoms with Gasteiger partial charge in [0.1, 0.15) is 0 Å². The second kappa shape index (κ2) is 15.6. The number of urea groups is 1. The summed E-state index contributed by atoms with van der Waals surface area (Å²) in [5, 5.41) is 16.1. The van der Waals surface area contributed by atoms with Crippen LogP contribution in [0, 0.1) is 0 Å². The molecule has 1 fully saturated rings. The van der Waals surface area contributed by atoms with Gasteiger partial charge >= 0.3 is 6.03 Å². The highest BCUT2D eigenvalue weighted by Gasteiger charge is 2.32. The third-order valence-corrected chi connectivity index (χ3v) is 8.73. The van der Waals surface area contributed by atoms with Crippen molar-refractivity contribution in [2.24, 2.45) is 0 Å². The van der Waals surface area contributed by atoms with E-state index in [1.807, 2.05) is 78.9 Å². The molecule has 1 aliphatic rings. The zero-order chi connectivity index (χ0) is 31.6. The summed E-state index contributed by atoms with van der Waals surface area (Å²) < 4.78 is 13.1. The van der Waals surface area contributed by atoms with Gasteiger partial charge in [-0.2, -0.15) is 0 Å². The lowest BCUT2D eigenvalue weighted by atomic mass is 9.99. The standard InChI is InChI=1S/C37H36N4O4S/c42-24-27-13-15-29(16-14-27)34-21-33(25-46-37-38-17-6-18-39-37)44-35(45-34)32-12-5-11-31(20-32)30-10-4-9-28(19-30)23-41-36(43)40-22-26-7-2-1-3-8-26/h1-20,33-35,42H,21-25H2,(H2,40,41,43). The SMILES string of the molecule is O=C(NCc1ccccc1)NCc1cccc(-c2cccc(C3OC(CSc4ncccn4)CC(c4ccc(CO)cc4)O3)c2)c1. The second-order valence-electron chi connectivity index (χ2n) is 11.0. The summed E-state index contributed by atoms with van der Waals surface area (Å²) in [7, 11) is 0. The summed E-state index contributed by atoms with van der Waals surface area (Å²) in [6.07, 6.45) is 3.32. The molecule has 6 rings (SSSR count). The zero-order valence-electron chi connectivity index (χ0n) is 25.3. The maximum atomic E-state index is 12.4. The molecule has 0 bridgehead atoms. The van der Waals surface area contributed by atoms with Gasteiger partial charge in [-0.3, -0.25) is 0 Å². The molecule has 4 aromatic carbocycles. The molecular weight excluding hydrogens is 596 g/mol. The minimum atomic E-state index is -0.573. The Morgan fingerprint density at radius 2 is 1.43 bits per heavy atom. The minimum Gasteiger partial charge on any atom is -0.392 e. The van der Waals surface area contributed by atoms with E-state index in [4.69, 9.17) is 9.47 Å². The van der Waals surface area contributed by atoms with Crippen molar-refractivity contribution in [3.63, 3.8) is 0 Å². The Kier molecular flexibility index (Phi) is 10.7. The predicted molar refractivity (Wildman–Crippen MR) is 179 cm³/mol. The van der Waals surface area contributed by atoms with Crippen LogP contribution in [-0.2, 0) is 29.2 Å². The average Bonchev–Trinajstić information content (AvgIpc) is 3.13. The number of nitrogens with one attached hydrogen (secondary N) is 2. The van der Waals surface area contributed by atoms with Crippen LogP contribution >= 0.6 is 11.8 Å². The highest BCUT2D eigenvalue weighted by Crippen LogP contribution is 2.40. The van der Waals surface area contributed by atoms with E-state index in [-0.39, 0.29) is 24.8 Å². The smallest absolute Gasteiger partial charge is 0.315 e. The van der Waals surface area contributed by atoms with Crippen molar-refractivity contribution >= 4 is 17.8 Å². The third-order valence-electron chi connectivity index (χ3n) is 7.72. The van der Waals surface area contributed by atoms with Crippen molar-refractivity contribution in [2.75, 3.05) is 5.75 Å². The van der Waals surface area contributed by atoms with Gasteiger partial charge in [-0.25, -0.2) is 14.8 Å². The van der Waals surface area contributed by atoms with E-state index < -0.39 is 6.29 Å². The summed E-state index contributed by atoms with van der Waals surface area (Å²) in [5.41, 5.74) is 6.92. The minimum absolute atomic E-state index is 0.000604. The van der Waals surface area contributed by atoms with E-state index in [0.717, 1.165) is 38.9 Å². The molecule has 0 saturated carbocycles. The fourth-order valence-corrected chi connectivity index (χ4v) is 6.12. The molecule has 46 heavy (non-hydrogen) atoms. The van der Waals surface area contributed by atoms with Crippen LogP contribution < -0.4 is 10.6 Å². The Bertz CT molecular complexity index is 1710. The molecular formula is C37H36N4O4S. The van der Waals surface area contributed by atoms with Gasteiger partial charge in [0.2, 0.25) is 0 Å². The summed E-state index contributed by atoms with van der Waals surface area (Å²) in [6.45, 7) is 0.878. The van der Waals surface area contributed by atoms with E-state index in [1.165, 1.54) is 0 Å². The molecule has 3 atom stereocenters. The molecule has 1 aromatic heterocycles. The summed E-state index contributed by atoms with van der Waals surface area (Å²) in [4.78, 5) is 21.1. The van der Waals surface area contributed by atoms with Crippen molar-refractivity contribution in [3.05, 3.63) is 149 Å². The van der Waals surface area contributed by atoms with E-state index in [1.54, 1.807) is 30.2 Å². The molecule has 9 heteroatoms. The summed E-state index contributed by atoms with van der Waals surface area (Å²) in [6, 6.07) is 35.7. The largest absolute Gasteiger partial charge is 0.392 e. The molecule has 1 saturated heterocycles. The average molecular weight is 633 g/mol. The van der Waals surface area contributed by atoms with Gasteiger partial charge in [-0.05, 0) is 51.6 Å². The fraction of sp³-hybridized carbons (Fsp3) is 0.216. The number of carbonyl (C=O) groups excluding carboxylic acids is 1. The quantitative estimate of drug-likeness (QED) is 0.107. The number of carbonyl (C=O) groups is 1. The zero-order valence-corrected chi connectivity index (χ0v) is 26.1. The molecule has 8 nitrogen and oxygen atoms in total. The molecule has 234 valence electrons. The van der Waals surface area contributed by atoms with Gasteiger partial charge in [-0.1, -0.05) is 103 Å². The number of aliphatic hydroxyl groups excluding tert-OH is 1. The third kappa shape index (κ3) is 8.58. The lowest BCUT2D eigenvalue weighted by molar-refractivity contribution is -0.245. The number of aromatic nitrogens is 2. The number of ether oxygens (including phenoxy) is 2. The number of nitrogens with zero attached hydrogens (tertiary/aromatic N) is 2. The van der Waals surface area contributed by atoms with Crippen LogP contribution in [-0.4, -0.2) is 33.0 Å². The van der Waals surface area contributed by atoms with Crippen molar-refractivity contribution in [1.29, 1.82) is 0 Å². The number of amides is 2. The normalized spacial score (nSPS) is 17.7. The van der Waals surface area contributed by atoms with Crippen molar-refractivity contribution in [1.82, 2.24) is 20.6 Å². The number of benzene rings is 4. The Morgan fingerprint density at radius 1 is 0.739 bits per heavy atom. The number of thioether (sulfide) groups is 1. The van der Waals surface area contributed by atoms with Gasteiger partial charge in [-0.15, -0.1) is 0 Å². The highest BCUT2D eigenvalue weighted by atomic mass is 32.2. The lowest BCUT2D eigenvalue weighted by Gasteiger charge is -2.36. The number of hydrogen-bond donors (Lipinski definition) is 3. The molecule has 1 aliphatic heterocycles. The van der Waals surface area contributed by atoms with E-state index in [0.29, 0.717) is 30.4 Å². The molecule has 0 spiro atoms. The van der Waals surface area contributed by atoms with Crippen LogP contribution in [0.1, 0.15) is 46.6 Å². The number of aliphatic hydroxyl groups is 1. The van der Waals surface area contributed by atoms with Gasteiger partial charge in [0.05, 0.1) is 18.8 Å². The van der Waals surface area contributed by atoms with Gasteiger partial charge in [0, 0.05) is 43.2 Å². The molecule has 5 aromatic rings. The first-order valence-corrected chi connectivity index (χ1v) is 16.3. The Balaban J connectivity index is 1.15. The maximum Gasteiger partial charge on any atom is 0.315 e. The monoisotopic (exact) mass is 632 g/mol. The first-order valence-electron chi connectivity index (χ1n) is 15.3. The Morgan fingerprint density at radius 3 is 2.20 bits per heavy atom. The molecule has 0 aliphatic carbocycles. The fourth-order valence-electron chi connectivity index (χ4n) is 5.30. The van der Waals surface area contributed by atoms with Crippen LogP contribution in [0.5, 0.6) is 0 Å². The second-order valence-corrected chi connectivity index (χ2v) is 12.0. The molecule has 0 radical (unpaired) electrons. The van der Waals surface area contributed by atoms with E-state index >= 15 is 0 Å². The number of hydrogen-bond acceptors (Lipinski definition) is 7. The van der Waals surface area contributed by atoms with Crippen molar-refractivity contribution in [3.8, 4) is 11.1 Å². The van der Waals surface area contributed by atoms with Crippen LogP contribution in [0.15, 0.2) is 127 Å². The summed E-state index contributed by atoms with van der Waals surface area (Å²) in [5.74, 6) is 0.683. The maximum absolute atomic E-state index is 12.4. The van der Waals surface area contributed by atoms with Crippen LogP contribution in [0.4, 0.5) is 4.79 Å². The van der Waals surface area contributed by atoms with Crippen LogP contribution in [0.3, 0.4) is 0 Å². The first-order chi connectivity index (χ1) is 22.6. The van der Waals surface area contributed by atoms with Gasteiger partial charge in [0.15, 0.2) is 11.4 Å². The molecule has 2 amide bonds. The lowest BCUT2D eigenvalue weighted by Crippen LogP contribution is -2.34. The molecule has 3 N–H and O–H groups in total. The van der Waals surface area contributed by atoms with E-state index in [2.05, 4.69) is 44.9 Å². The van der Waals surface area contributed by atoms with Crippen molar-refractivity contribution in [2.45, 2.75) is 49.8 Å². The Hall–Kier alpha value is -4.54. The number of rotatable bonds is 11. The highest BCUT2D eigenvalue weighted by molar-refractivity contribution is 7.99. The Labute approximate surface area is 273 Å². The van der Waals surface area contributed by atoms with Crippen LogP contribution in [0.2, 0.25) is 0 Å². The molecule has 3 unspecified atom stereocenters. The topological polar surface area (TPSA) is 106 Å². The van der Waals surface area contributed by atoms with E-state index in [9.17, 15) is 9.90 Å². The van der Waals surface area contributed by atoms with Gasteiger partial charge in [0.25, 0.3) is 0 Å². The van der Waals surface area contributed by atoms with Gasteiger partial charge < -0.3 is 25.2 Å².